The molecule has 0 spiro atoms. The van der Waals surface area contributed by atoms with Crippen LogP contribution in [0.3, 0.4) is 0 Å². The predicted octanol–water partition coefficient (Wildman–Crippen LogP) is 3.20. The number of carbonyl (C=O) groups is 2. The van der Waals surface area contributed by atoms with Gasteiger partial charge in [0.1, 0.15) is 10.8 Å². The summed E-state index contributed by atoms with van der Waals surface area (Å²) in [6.45, 7) is 5.28. The molecule has 0 aliphatic heterocycles. The third-order valence-electron chi connectivity index (χ3n) is 3.27. The van der Waals surface area contributed by atoms with E-state index in [1.807, 2.05) is 5.38 Å². The summed E-state index contributed by atoms with van der Waals surface area (Å²) in [5, 5.41) is 5.30. The van der Waals surface area contributed by atoms with E-state index in [2.05, 4.69) is 10.3 Å². The van der Waals surface area contributed by atoms with Gasteiger partial charge in [0.05, 0.1) is 11.1 Å². The summed E-state index contributed by atoms with van der Waals surface area (Å²) in [5.41, 5.74) is 0.916. The van der Waals surface area contributed by atoms with Crippen molar-refractivity contribution in [2.24, 2.45) is 5.41 Å². The minimum Gasteiger partial charge on any atom is -0.455 e. The Morgan fingerprint density at radius 3 is 2.76 bits per heavy atom. The Kier molecular flexibility index (Phi) is 6.25. The average molecular weight is 364 g/mol. The number of hydrogen-bond donors (Lipinski definition) is 1. The van der Waals surface area contributed by atoms with Crippen molar-refractivity contribution < 1.29 is 18.7 Å². The maximum absolute atomic E-state index is 13.2. The molecular weight excluding hydrogens is 343 g/mol. The average Bonchev–Trinajstić information content (AvgIpc) is 3.00. The molecule has 134 valence electrons. The third-order valence-corrected chi connectivity index (χ3v) is 4.21. The molecular formula is C18H21FN2O3S. The highest BCUT2D eigenvalue weighted by atomic mass is 32.1. The number of benzene rings is 1. The summed E-state index contributed by atoms with van der Waals surface area (Å²) < 4.78 is 18.2. The number of nitrogens with one attached hydrogen (secondary N) is 1. The lowest BCUT2D eigenvalue weighted by molar-refractivity contribution is -0.156. The first-order chi connectivity index (χ1) is 11.8. The first kappa shape index (κ1) is 19.1. The first-order valence-electron chi connectivity index (χ1n) is 7.90. The highest BCUT2D eigenvalue weighted by molar-refractivity contribution is 7.13. The molecule has 1 aromatic heterocycles. The molecule has 2 aromatic rings. The zero-order valence-corrected chi connectivity index (χ0v) is 15.3. The van der Waals surface area contributed by atoms with Gasteiger partial charge < -0.3 is 10.1 Å². The molecule has 5 nitrogen and oxygen atoms in total. The lowest BCUT2D eigenvalue weighted by atomic mass is 9.97. The number of esters is 1. The number of thiazole rings is 1. The molecule has 1 heterocycles. The maximum atomic E-state index is 13.2. The van der Waals surface area contributed by atoms with Gasteiger partial charge in [-0.05, 0) is 32.9 Å². The van der Waals surface area contributed by atoms with Gasteiger partial charge in [-0.15, -0.1) is 11.3 Å². The van der Waals surface area contributed by atoms with E-state index in [0.717, 1.165) is 16.3 Å². The molecule has 1 amide bonds. The molecule has 7 heteroatoms. The fourth-order valence-corrected chi connectivity index (χ4v) is 2.76. The number of amides is 1. The van der Waals surface area contributed by atoms with Gasteiger partial charge in [0.15, 0.2) is 6.61 Å². The van der Waals surface area contributed by atoms with Crippen LogP contribution in [0.25, 0.3) is 10.6 Å². The maximum Gasteiger partial charge on any atom is 0.311 e. The van der Waals surface area contributed by atoms with Crippen LogP contribution in [0, 0.1) is 11.2 Å². The van der Waals surface area contributed by atoms with Gasteiger partial charge in [0.2, 0.25) is 0 Å². The van der Waals surface area contributed by atoms with Crippen molar-refractivity contribution in [2.75, 3.05) is 13.2 Å². The fourth-order valence-electron chi connectivity index (χ4n) is 1.90. The van der Waals surface area contributed by atoms with E-state index in [1.54, 1.807) is 32.9 Å². The van der Waals surface area contributed by atoms with E-state index in [4.69, 9.17) is 4.74 Å². The van der Waals surface area contributed by atoms with Crippen molar-refractivity contribution in [1.29, 1.82) is 0 Å². The molecule has 0 saturated heterocycles. The molecule has 1 aromatic carbocycles. The molecule has 0 saturated carbocycles. The van der Waals surface area contributed by atoms with Crippen molar-refractivity contribution in [2.45, 2.75) is 27.2 Å². The van der Waals surface area contributed by atoms with Crippen molar-refractivity contribution >= 4 is 23.2 Å². The van der Waals surface area contributed by atoms with E-state index < -0.39 is 11.4 Å². The number of rotatable bonds is 6. The Hall–Kier alpha value is -2.28. The summed E-state index contributed by atoms with van der Waals surface area (Å²) in [6, 6.07) is 6.27. The standard InChI is InChI=1S/C18H21FN2O3S/c1-18(2,3)17(23)24-10-15(22)20-8-7-14-11-25-16(21-14)12-5-4-6-13(19)9-12/h4-6,9,11H,7-8,10H2,1-3H3,(H,20,22). The van der Waals surface area contributed by atoms with Crippen LogP contribution in [0.4, 0.5) is 4.39 Å². The second-order valence-corrected chi connectivity index (χ2v) is 7.44. The number of aromatic nitrogens is 1. The molecule has 1 N–H and O–H groups in total. The number of halogens is 1. The Morgan fingerprint density at radius 2 is 2.08 bits per heavy atom. The molecule has 25 heavy (non-hydrogen) atoms. The van der Waals surface area contributed by atoms with Crippen LogP contribution in [-0.4, -0.2) is 30.0 Å². The molecule has 0 aliphatic carbocycles. The summed E-state index contributed by atoms with van der Waals surface area (Å²) in [4.78, 5) is 27.7. The molecule has 0 atom stereocenters. The lowest BCUT2D eigenvalue weighted by Crippen LogP contribution is -2.33. The number of nitrogens with zero attached hydrogens (tertiary/aromatic N) is 1. The smallest absolute Gasteiger partial charge is 0.311 e. The van der Waals surface area contributed by atoms with E-state index in [-0.39, 0.29) is 18.3 Å². The van der Waals surface area contributed by atoms with Gasteiger partial charge in [0.25, 0.3) is 5.91 Å². The summed E-state index contributed by atoms with van der Waals surface area (Å²) in [5.74, 6) is -1.06. The van der Waals surface area contributed by atoms with E-state index in [9.17, 15) is 14.0 Å². The number of ether oxygens (including phenoxy) is 1. The largest absolute Gasteiger partial charge is 0.455 e. The summed E-state index contributed by atoms with van der Waals surface area (Å²) >= 11 is 1.43. The topological polar surface area (TPSA) is 68.3 Å². The second kappa shape index (κ2) is 8.20. The van der Waals surface area contributed by atoms with E-state index in [1.165, 1.54) is 23.5 Å². The van der Waals surface area contributed by atoms with E-state index in [0.29, 0.717) is 13.0 Å². The van der Waals surface area contributed by atoms with Gasteiger partial charge in [-0.1, -0.05) is 12.1 Å². The number of hydrogen-bond acceptors (Lipinski definition) is 5. The third kappa shape index (κ3) is 5.94. The van der Waals surface area contributed by atoms with Gasteiger partial charge in [-0.2, -0.15) is 0 Å². The minimum atomic E-state index is -0.631. The first-order valence-corrected chi connectivity index (χ1v) is 8.78. The van der Waals surface area contributed by atoms with Crippen LogP contribution in [0.5, 0.6) is 0 Å². The van der Waals surface area contributed by atoms with Crippen LogP contribution >= 0.6 is 11.3 Å². The lowest BCUT2D eigenvalue weighted by Gasteiger charge is -2.16. The Bertz CT molecular complexity index is 753. The van der Waals surface area contributed by atoms with Crippen LogP contribution < -0.4 is 5.32 Å². The highest BCUT2D eigenvalue weighted by Crippen LogP contribution is 2.24. The number of carbonyl (C=O) groups excluding carboxylic acids is 2. The molecule has 0 unspecified atom stereocenters. The Morgan fingerprint density at radius 1 is 1.32 bits per heavy atom. The van der Waals surface area contributed by atoms with Crippen molar-refractivity contribution in [1.82, 2.24) is 10.3 Å². The molecule has 0 aliphatic rings. The monoisotopic (exact) mass is 364 g/mol. The fraction of sp³-hybridized carbons (Fsp3) is 0.389. The molecule has 2 rings (SSSR count). The van der Waals surface area contributed by atoms with Crippen molar-refractivity contribution in [3.8, 4) is 10.6 Å². The van der Waals surface area contributed by atoms with Crippen molar-refractivity contribution in [3.05, 3.63) is 41.2 Å². The van der Waals surface area contributed by atoms with Crippen molar-refractivity contribution in [3.63, 3.8) is 0 Å². The van der Waals surface area contributed by atoms with Gasteiger partial charge in [0, 0.05) is 23.9 Å². The predicted molar refractivity (Wildman–Crippen MR) is 94.6 cm³/mol. The molecule has 0 radical (unpaired) electrons. The molecule has 0 fully saturated rings. The quantitative estimate of drug-likeness (QED) is 0.799. The van der Waals surface area contributed by atoms with Gasteiger partial charge in [-0.25, -0.2) is 9.37 Å². The zero-order valence-electron chi connectivity index (χ0n) is 14.5. The second-order valence-electron chi connectivity index (χ2n) is 6.58. The summed E-state index contributed by atoms with van der Waals surface area (Å²) in [7, 11) is 0. The van der Waals surface area contributed by atoms with Crippen LogP contribution in [0.1, 0.15) is 26.5 Å². The van der Waals surface area contributed by atoms with Crippen LogP contribution in [0.2, 0.25) is 0 Å². The molecule has 0 bridgehead atoms. The van der Waals surface area contributed by atoms with Crippen LogP contribution in [0.15, 0.2) is 29.6 Å². The Balaban J connectivity index is 1.77. The Labute approximate surface area is 150 Å². The summed E-state index contributed by atoms with van der Waals surface area (Å²) in [6.07, 6.45) is 0.546. The minimum absolute atomic E-state index is 0.290. The SMILES string of the molecule is CC(C)(C)C(=O)OCC(=O)NCCc1csc(-c2cccc(F)c2)n1. The normalized spacial score (nSPS) is 11.2. The highest BCUT2D eigenvalue weighted by Gasteiger charge is 2.23. The van der Waals surface area contributed by atoms with Crippen LogP contribution in [-0.2, 0) is 20.7 Å². The van der Waals surface area contributed by atoms with E-state index >= 15 is 0 Å². The van der Waals surface area contributed by atoms with Gasteiger partial charge in [-0.3, -0.25) is 9.59 Å². The van der Waals surface area contributed by atoms with Gasteiger partial charge >= 0.3 is 5.97 Å². The zero-order chi connectivity index (χ0) is 18.4.